The normalized spacial score (nSPS) is 25.1. The van der Waals surface area contributed by atoms with Gasteiger partial charge in [0.1, 0.15) is 7.20 Å². The molecule has 0 aromatic carbocycles. The van der Waals surface area contributed by atoms with Crippen molar-refractivity contribution < 1.29 is 25.7 Å². The number of alkyl halides is 3. The molecule has 0 saturated heterocycles. The van der Waals surface area contributed by atoms with E-state index < -0.39 is 22.8 Å². The van der Waals surface area contributed by atoms with Crippen molar-refractivity contribution in [3.05, 3.63) is 0 Å². The van der Waals surface area contributed by atoms with E-state index in [-0.39, 0.29) is 0 Å². The van der Waals surface area contributed by atoms with E-state index >= 15 is 0 Å². The van der Waals surface area contributed by atoms with Crippen LogP contribution in [0.2, 0.25) is 0 Å². The van der Waals surface area contributed by atoms with Crippen LogP contribution in [0.1, 0.15) is 96.3 Å². The summed E-state index contributed by atoms with van der Waals surface area (Å²) in [5.74, 6) is 0. The van der Waals surface area contributed by atoms with Gasteiger partial charge >= 0.3 is 15.6 Å². The largest absolute Gasteiger partial charge is 0.518 e. The summed E-state index contributed by atoms with van der Waals surface area (Å²) < 4.78 is 67.4. The summed E-state index contributed by atoms with van der Waals surface area (Å²) in [4.78, 5) is 0. The molecular weight excluding hydrogens is 407 g/mol. The molecular formula is C19H33BF3O3PS. The number of hydrogen-bond acceptors (Lipinski definition) is 3. The van der Waals surface area contributed by atoms with Crippen LogP contribution in [0.4, 0.5) is 13.2 Å². The average Bonchev–Trinajstić information content (AvgIpc) is 2.70. The van der Waals surface area contributed by atoms with Gasteiger partial charge < -0.3 is 4.10 Å². The maximum absolute atomic E-state index is 13.0. The Balaban J connectivity index is 1.95. The Morgan fingerprint density at radius 2 is 1.00 bits per heavy atom. The van der Waals surface area contributed by atoms with E-state index in [1.807, 2.05) is 0 Å². The fourth-order valence-corrected chi connectivity index (χ4v) is 13.2. The molecule has 3 aliphatic carbocycles. The van der Waals surface area contributed by atoms with Gasteiger partial charge in [0.2, 0.25) is 0 Å². The Morgan fingerprint density at radius 3 is 1.29 bits per heavy atom. The first-order chi connectivity index (χ1) is 13.3. The van der Waals surface area contributed by atoms with Gasteiger partial charge in [0.15, 0.2) is 0 Å². The van der Waals surface area contributed by atoms with Crippen molar-refractivity contribution in [2.45, 2.75) is 119 Å². The molecule has 162 valence electrons. The maximum atomic E-state index is 13.0. The second-order valence-corrected chi connectivity index (χ2v) is 14.6. The van der Waals surface area contributed by atoms with E-state index in [0.29, 0.717) is 17.0 Å². The van der Waals surface area contributed by atoms with Crippen molar-refractivity contribution in [3.8, 4) is 0 Å². The molecule has 0 aromatic heterocycles. The third kappa shape index (κ3) is 4.91. The van der Waals surface area contributed by atoms with Crippen LogP contribution in [0, 0.1) is 0 Å². The number of halogens is 3. The van der Waals surface area contributed by atoms with Crippen molar-refractivity contribution in [1.29, 1.82) is 0 Å². The summed E-state index contributed by atoms with van der Waals surface area (Å²) in [5.41, 5.74) is -4.33. The highest BCUT2D eigenvalue weighted by molar-refractivity contribution is 8.03. The van der Waals surface area contributed by atoms with Crippen LogP contribution in [0.25, 0.3) is 0 Å². The number of rotatable bonds is 6. The lowest BCUT2D eigenvalue weighted by Gasteiger charge is -2.56. The molecule has 9 heteroatoms. The highest BCUT2D eigenvalue weighted by Crippen LogP contribution is 2.76. The Kier molecular flexibility index (Phi) is 7.80. The van der Waals surface area contributed by atoms with Crippen LogP contribution < -0.4 is 0 Å². The fraction of sp³-hybridized carbons (Fsp3) is 1.00. The first-order valence-electron chi connectivity index (χ1n) is 11.0. The van der Waals surface area contributed by atoms with Crippen molar-refractivity contribution >= 4 is 24.5 Å². The van der Waals surface area contributed by atoms with E-state index in [0.717, 1.165) is 77.0 Å². The predicted octanol–water partition coefficient (Wildman–Crippen LogP) is 6.40. The molecule has 3 fully saturated rings. The van der Waals surface area contributed by atoms with Gasteiger partial charge in [-0.25, -0.2) is 0 Å². The molecule has 0 heterocycles. The lowest BCUT2D eigenvalue weighted by atomic mass is 9.98. The van der Waals surface area contributed by atoms with Crippen molar-refractivity contribution in [3.63, 3.8) is 0 Å². The Morgan fingerprint density at radius 1 is 0.679 bits per heavy atom. The molecule has 0 N–H and O–H groups in total. The van der Waals surface area contributed by atoms with E-state index in [1.165, 1.54) is 26.5 Å². The minimum Gasteiger partial charge on any atom is -0.497 e. The standard InChI is InChI=1S/C19H33BF3O3PS/c21-19(22,23)28(24,25)26-20-27(16-10-4-1-5-11-16,17-12-6-2-7-13-17)18-14-8-3-9-15-18/h16-18H,1-15H2. The third-order valence-electron chi connectivity index (χ3n) is 7.26. The summed E-state index contributed by atoms with van der Waals surface area (Å²) in [6.45, 7) is 0. The quantitative estimate of drug-likeness (QED) is 0.273. The zero-order valence-corrected chi connectivity index (χ0v) is 18.3. The lowest BCUT2D eigenvalue weighted by molar-refractivity contribution is -0.0498. The predicted molar refractivity (Wildman–Crippen MR) is 109 cm³/mol. The third-order valence-corrected chi connectivity index (χ3v) is 14.1. The Bertz CT molecular complexity index is 550. The first-order valence-corrected chi connectivity index (χ1v) is 14.5. The van der Waals surface area contributed by atoms with Crippen LogP contribution >= 0.6 is 7.14 Å². The molecule has 0 aromatic rings. The minimum absolute atomic E-state index is 0.343. The molecule has 0 spiro atoms. The minimum atomic E-state index is -5.57. The van der Waals surface area contributed by atoms with E-state index in [9.17, 15) is 21.6 Å². The van der Waals surface area contributed by atoms with Gasteiger partial charge in [-0.15, -0.1) is 0 Å². The summed E-state index contributed by atoms with van der Waals surface area (Å²) in [6, 6.07) is 0. The topological polar surface area (TPSA) is 43.4 Å². The smallest absolute Gasteiger partial charge is 0.497 e. The van der Waals surface area contributed by atoms with Crippen molar-refractivity contribution in [2.75, 3.05) is 0 Å². The van der Waals surface area contributed by atoms with Crippen LogP contribution in [-0.4, -0.2) is 38.1 Å². The maximum Gasteiger partial charge on any atom is 0.518 e. The summed E-state index contributed by atoms with van der Waals surface area (Å²) in [7, 11) is -6.37. The van der Waals surface area contributed by atoms with E-state index in [4.69, 9.17) is 4.10 Å². The molecule has 0 amide bonds. The monoisotopic (exact) mass is 440 g/mol. The van der Waals surface area contributed by atoms with E-state index in [1.54, 1.807) is 0 Å². The summed E-state index contributed by atoms with van der Waals surface area (Å²) >= 11 is 0. The van der Waals surface area contributed by atoms with Crippen LogP contribution in [0.5, 0.6) is 0 Å². The molecule has 0 bridgehead atoms. The second kappa shape index (κ2) is 9.55. The highest BCUT2D eigenvalue weighted by Gasteiger charge is 2.52. The summed E-state index contributed by atoms with van der Waals surface area (Å²) in [5, 5.41) is 0. The van der Waals surface area contributed by atoms with Gasteiger partial charge in [0.05, 0.1) is 0 Å². The molecule has 2 radical (unpaired) electrons. The fourth-order valence-electron chi connectivity index (χ4n) is 5.92. The van der Waals surface area contributed by atoms with Gasteiger partial charge in [-0.05, 0) is 77.0 Å². The molecule has 3 saturated carbocycles. The van der Waals surface area contributed by atoms with Crippen LogP contribution in [0.15, 0.2) is 0 Å². The van der Waals surface area contributed by atoms with Gasteiger partial charge in [-0.1, -0.05) is 19.3 Å². The Hall–Kier alpha value is 0.195. The molecule has 0 aliphatic heterocycles. The van der Waals surface area contributed by atoms with Gasteiger partial charge in [-0.2, -0.15) is 28.7 Å². The van der Waals surface area contributed by atoms with Gasteiger partial charge in [0, 0.05) is 17.0 Å². The molecule has 0 unspecified atom stereocenters. The lowest BCUT2D eigenvalue weighted by Crippen LogP contribution is -2.41. The molecule has 3 rings (SSSR count). The first kappa shape index (κ1) is 22.9. The second-order valence-electron chi connectivity index (χ2n) is 8.87. The molecule has 28 heavy (non-hydrogen) atoms. The van der Waals surface area contributed by atoms with Gasteiger partial charge in [-0.3, -0.25) is 0 Å². The zero-order valence-electron chi connectivity index (χ0n) is 16.6. The van der Waals surface area contributed by atoms with E-state index in [2.05, 4.69) is 0 Å². The van der Waals surface area contributed by atoms with Crippen molar-refractivity contribution in [1.82, 2.24) is 0 Å². The van der Waals surface area contributed by atoms with Gasteiger partial charge in [0.25, 0.3) is 0 Å². The summed E-state index contributed by atoms with van der Waals surface area (Å²) in [6.07, 6.45) is 16.3. The number of hydrogen-bond donors (Lipinski definition) is 0. The van der Waals surface area contributed by atoms with Crippen LogP contribution in [-0.2, 0) is 14.2 Å². The zero-order chi connectivity index (χ0) is 20.3. The molecule has 3 nitrogen and oxygen atoms in total. The Labute approximate surface area is 169 Å². The average molecular weight is 440 g/mol. The molecule has 3 aliphatic rings. The van der Waals surface area contributed by atoms with Crippen LogP contribution in [0.3, 0.4) is 0 Å². The molecule has 0 atom stereocenters. The highest BCUT2D eigenvalue weighted by atomic mass is 32.2. The SMILES string of the molecule is O=S(=O)(O[B-][P+](C1CCCCC1)(C1CCCCC1)C1CCCCC1)C(F)(F)F. The van der Waals surface area contributed by atoms with Crippen molar-refractivity contribution in [2.24, 2.45) is 0 Å².